The maximum atomic E-state index is 14.0. The van der Waals surface area contributed by atoms with Gasteiger partial charge in [0.05, 0.1) is 52.2 Å². The van der Waals surface area contributed by atoms with Gasteiger partial charge < -0.3 is 38.2 Å². The fourth-order valence-electron chi connectivity index (χ4n) is 10.0. The second kappa shape index (κ2) is 22.1. The summed E-state index contributed by atoms with van der Waals surface area (Å²) in [6, 6.07) is 18.8. The molecule has 13 nitrogen and oxygen atoms in total. The Labute approximate surface area is 453 Å². The third-order valence-corrected chi connectivity index (χ3v) is 17.5. The number of thiazole rings is 2. The molecule has 402 valence electrons. The molecule has 4 heterocycles. The van der Waals surface area contributed by atoms with Crippen molar-refractivity contribution in [3.8, 4) is 34.0 Å². The van der Waals surface area contributed by atoms with Crippen molar-refractivity contribution in [2.75, 3.05) is 0 Å². The van der Waals surface area contributed by atoms with E-state index in [2.05, 4.69) is 41.1 Å². The number of rotatable bonds is 16. The minimum Gasteiger partial charge on any atom is -0.434 e. The Kier molecular flexibility index (Phi) is 15.2. The molecule has 22 heteroatoms. The van der Waals surface area contributed by atoms with Gasteiger partial charge in [-0.05, 0) is 135 Å². The maximum absolute atomic E-state index is 14.0. The van der Waals surface area contributed by atoms with Crippen LogP contribution in [0.15, 0.2) is 86.3 Å². The fourth-order valence-corrected chi connectivity index (χ4v) is 12.8. The molecule has 0 bridgehead atoms. The highest BCUT2D eigenvalue weighted by atomic mass is 79.9. The van der Waals surface area contributed by atoms with Gasteiger partial charge in [-0.25, -0.2) is 23.6 Å². The van der Waals surface area contributed by atoms with E-state index in [4.69, 9.17) is 34.6 Å². The van der Waals surface area contributed by atoms with Gasteiger partial charge in [0.25, 0.3) is 0 Å². The topological polar surface area (TPSA) is 160 Å². The molecule has 0 spiro atoms. The van der Waals surface area contributed by atoms with Crippen LogP contribution >= 0.6 is 38.6 Å². The number of nitrogens with zero attached hydrogens (tertiary/aromatic N) is 5. The molecule has 2 N–H and O–H groups in total. The number of benzene rings is 4. The summed E-state index contributed by atoms with van der Waals surface area (Å²) >= 11 is 5.85. The Morgan fingerprint density at radius 2 is 1.06 bits per heavy atom. The van der Waals surface area contributed by atoms with Gasteiger partial charge in [0.15, 0.2) is 0 Å². The first-order chi connectivity index (χ1) is 37.1. The van der Waals surface area contributed by atoms with Crippen molar-refractivity contribution in [2.45, 2.75) is 139 Å². The quantitative estimate of drug-likeness (QED) is 0.0697. The molecule has 77 heavy (non-hydrogen) atoms. The smallest absolute Gasteiger partial charge is 0.387 e. The number of hydrogen-bond donors (Lipinski definition) is 2. The SMILES string of the molecule is OC1(c2nc3cc(F)c(Br)cc3s2)CCC(OCc2c(-c3ccccc3OC(F)F)noc2C2CC2)CC1.[C-]#[N+]c1cc2sc(C3(O)CCC(OCc4c(-c5ccccc5OC(F)F)noc4C4CC4)CC3)nc2cc1F. The molecule has 0 saturated heterocycles. The zero-order valence-corrected chi connectivity index (χ0v) is 44.1. The Morgan fingerprint density at radius 1 is 0.636 bits per heavy atom. The number of para-hydroxylation sites is 2. The van der Waals surface area contributed by atoms with Crippen LogP contribution < -0.4 is 9.47 Å². The molecule has 4 aromatic carbocycles. The molecule has 4 fully saturated rings. The zero-order chi connectivity index (χ0) is 53.6. The fraction of sp³-hybridized carbons (Fsp3) is 0.400. The standard InChI is InChI=1S/C28H24F3N3O4S.C27H24BrF3N2O4S/c1-32-20-13-23-21(12-19(20)29)33-26(39-23)28(35)10-8-16(9-11-28)36-14-18-24(34-38-25(18)15-6-7-15)17-4-2-3-5-22(17)37-27(30)31;28-18-11-22-20(12-19(18)29)32-25(38-22)27(34)9-7-15(8-10-27)35-13-17-23(33-37-24(17)14-5-6-14)16-3-1-2-4-21(16)36-26(30)31/h2-5,12-13,15-16,27,35H,6-11,14H2;1-4,11-12,14-15,26,34H,5-10,13H2. The third kappa shape index (κ3) is 11.5. The average molecular weight is 1170 g/mol. The van der Waals surface area contributed by atoms with Gasteiger partial charge in [0, 0.05) is 44.9 Å². The normalized spacial score (nSPS) is 21.6. The van der Waals surface area contributed by atoms with Crippen LogP contribution in [0, 0.1) is 18.2 Å². The van der Waals surface area contributed by atoms with Gasteiger partial charge in [0.1, 0.15) is 67.3 Å². The Balaban J connectivity index is 0.000000164. The summed E-state index contributed by atoms with van der Waals surface area (Å²) in [6.07, 6.45) is 7.72. The number of ether oxygens (including phenoxy) is 4. The van der Waals surface area contributed by atoms with Crippen LogP contribution in [-0.4, -0.2) is 55.9 Å². The number of alkyl halides is 4. The number of aliphatic hydroxyl groups is 2. The molecule has 8 aromatic rings. The zero-order valence-electron chi connectivity index (χ0n) is 40.8. The number of fused-ring (bicyclic) bond motifs is 2. The van der Waals surface area contributed by atoms with E-state index in [1.54, 1.807) is 42.5 Å². The third-order valence-electron chi connectivity index (χ3n) is 14.5. The van der Waals surface area contributed by atoms with Crippen LogP contribution in [-0.2, 0) is 33.9 Å². The van der Waals surface area contributed by atoms with Gasteiger partial charge in [-0.15, -0.1) is 22.7 Å². The highest BCUT2D eigenvalue weighted by Gasteiger charge is 2.41. The molecular weight excluding hydrogens is 1120 g/mol. The monoisotopic (exact) mass is 1160 g/mol. The predicted octanol–water partition coefficient (Wildman–Crippen LogP) is 15.1. The molecule has 4 saturated carbocycles. The maximum Gasteiger partial charge on any atom is 0.387 e. The van der Waals surface area contributed by atoms with Gasteiger partial charge in [-0.3, -0.25) is 0 Å². The van der Waals surface area contributed by atoms with E-state index in [-0.39, 0.29) is 60.3 Å². The second-order valence-corrected chi connectivity index (χ2v) is 22.7. The van der Waals surface area contributed by atoms with Crippen LogP contribution in [0.4, 0.5) is 32.0 Å². The highest BCUT2D eigenvalue weighted by Crippen LogP contribution is 2.49. The second-order valence-electron chi connectivity index (χ2n) is 19.8. The molecule has 0 aliphatic heterocycles. The molecule has 4 aromatic heterocycles. The summed E-state index contributed by atoms with van der Waals surface area (Å²) in [5, 5.41) is 32.2. The van der Waals surface area contributed by atoms with Crippen molar-refractivity contribution >= 4 is 64.7 Å². The van der Waals surface area contributed by atoms with Crippen LogP contribution in [0.5, 0.6) is 11.5 Å². The highest BCUT2D eigenvalue weighted by molar-refractivity contribution is 9.10. The molecule has 4 aliphatic carbocycles. The Bertz CT molecular complexity index is 3430. The van der Waals surface area contributed by atoms with E-state index in [0.29, 0.717) is 110 Å². The number of aromatic nitrogens is 4. The van der Waals surface area contributed by atoms with E-state index >= 15 is 0 Å². The lowest BCUT2D eigenvalue weighted by Crippen LogP contribution is -2.34. The number of hydrogen-bond acceptors (Lipinski definition) is 14. The van der Waals surface area contributed by atoms with Crippen molar-refractivity contribution in [2.24, 2.45) is 0 Å². The average Bonchev–Trinajstić information content (AvgIpc) is 4.31. The molecule has 12 rings (SSSR count). The van der Waals surface area contributed by atoms with Gasteiger partial charge in [-0.2, -0.15) is 17.6 Å². The Morgan fingerprint density at radius 3 is 1.49 bits per heavy atom. The summed E-state index contributed by atoms with van der Waals surface area (Å²) in [7, 11) is 0. The van der Waals surface area contributed by atoms with Gasteiger partial charge in [0.2, 0.25) is 5.69 Å². The molecule has 0 unspecified atom stereocenters. The minimum absolute atomic E-state index is 0.0198. The lowest BCUT2D eigenvalue weighted by molar-refractivity contribution is -0.0641. The van der Waals surface area contributed by atoms with Crippen LogP contribution in [0.3, 0.4) is 0 Å². The van der Waals surface area contributed by atoms with Crippen LogP contribution in [0.1, 0.15) is 122 Å². The predicted molar refractivity (Wildman–Crippen MR) is 276 cm³/mol. The summed E-state index contributed by atoms with van der Waals surface area (Å²) in [5.74, 6) is 0.962. The number of halogens is 7. The Hall–Kier alpha value is -5.93. The van der Waals surface area contributed by atoms with E-state index in [0.717, 1.165) is 47.3 Å². The summed E-state index contributed by atoms with van der Waals surface area (Å²) < 4.78 is 115. The van der Waals surface area contributed by atoms with E-state index in [1.807, 2.05) is 0 Å². The van der Waals surface area contributed by atoms with E-state index in [9.17, 15) is 36.6 Å². The summed E-state index contributed by atoms with van der Waals surface area (Å²) in [4.78, 5) is 12.2. The minimum atomic E-state index is -2.97. The van der Waals surface area contributed by atoms with E-state index < -0.39 is 30.2 Å². The largest absolute Gasteiger partial charge is 0.434 e. The molecular formula is C55H48BrF6N5O8S2. The van der Waals surface area contributed by atoms with Crippen molar-refractivity contribution in [3.05, 3.63) is 133 Å². The van der Waals surface area contributed by atoms with Crippen molar-refractivity contribution in [1.82, 2.24) is 20.3 Å². The molecule has 0 amide bonds. The first-order valence-corrected chi connectivity index (χ1v) is 27.5. The summed E-state index contributed by atoms with van der Waals surface area (Å²) in [5.41, 5.74) is 1.83. The van der Waals surface area contributed by atoms with Gasteiger partial charge in [-0.1, -0.05) is 34.6 Å². The van der Waals surface area contributed by atoms with Crippen molar-refractivity contribution in [3.63, 3.8) is 0 Å². The lowest BCUT2D eigenvalue weighted by atomic mass is 9.83. The van der Waals surface area contributed by atoms with E-state index in [1.165, 1.54) is 53.0 Å². The van der Waals surface area contributed by atoms with Gasteiger partial charge >= 0.3 is 13.2 Å². The first kappa shape index (κ1) is 53.1. The summed E-state index contributed by atoms with van der Waals surface area (Å²) in [6.45, 7) is 1.60. The van der Waals surface area contributed by atoms with Crippen LogP contribution in [0.2, 0.25) is 0 Å². The van der Waals surface area contributed by atoms with Crippen LogP contribution in [0.25, 0.3) is 47.8 Å². The lowest BCUT2D eigenvalue weighted by Gasteiger charge is -2.34. The first-order valence-electron chi connectivity index (χ1n) is 25.1. The molecule has 0 atom stereocenters. The molecule has 4 aliphatic rings. The van der Waals surface area contributed by atoms with Crippen molar-refractivity contribution in [1.29, 1.82) is 0 Å². The van der Waals surface area contributed by atoms with Crippen molar-refractivity contribution < 1.29 is 64.5 Å². The molecule has 0 radical (unpaired) electrons.